The number of oxazole rings is 2. The molecule has 13 N–H and O–H groups in total. The number of nitro groups is 1. The van der Waals surface area contributed by atoms with E-state index in [9.17, 15) is 14.5 Å². The summed E-state index contributed by atoms with van der Waals surface area (Å²) in [4.78, 5) is 35.0. The molecule has 11 aromatic rings. The molecule has 7 aromatic carbocycles. The van der Waals surface area contributed by atoms with Crippen molar-refractivity contribution in [2.24, 2.45) is 5.73 Å². The van der Waals surface area contributed by atoms with Gasteiger partial charge in [-0.1, -0.05) is 81.9 Å². The Hall–Kier alpha value is -8.32. The molecule has 0 amide bonds. The number of hydrogen-bond acceptors (Lipinski definition) is 23. The number of imidazole rings is 2. The van der Waals surface area contributed by atoms with E-state index in [1.54, 1.807) is 0 Å². The number of hydrogen-bond donors (Lipinski definition) is 8. The van der Waals surface area contributed by atoms with Crippen LogP contribution >= 0.6 is 63.7 Å². The monoisotopic (exact) mass is 1780 g/mol. The van der Waals surface area contributed by atoms with Crippen LogP contribution in [0.1, 0.15) is 104 Å². The fraction of sp³-hybridized carbons (Fsp3) is 0.397. The Kier molecular flexibility index (Phi) is 31.4. The first-order valence-electron chi connectivity index (χ1n) is 36.6. The molecule has 33 heteroatoms. The molecule has 0 spiro atoms. The summed E-state index contributed by atoms with van der Waals surface area (Å²) in [6.45, 7) is 16.3. The van der Waals surface area contributed by atoms with Gasteiger partial charge in [-0.3, -0.25) is 14.9 Å². The number of nitrogens with two attached hydrogens (primary N) is 5. The van der Waals surface area contributed by atoms with Crippen molar-refractivity contribution in [3.63, 3.8) is 0 Å². The third kappa shape index (κ3) is 24.4. The second-order valence-electron chi connectivity index (χ2n) is 27.9. The van der Waals surface area contributed by atoms with E-state index in [0.29, 0.717) is 51.4 Å². The third-order valence-corrected chi connectivity index (χ3v) is 21.5. The van der Waals surface area contributed by atoms with Crippen LogP contribution in [0.5, 0.6) is 0 Å². The van der Waals surface area contributed by atoms with Gasteiger partial charge in [-0.15, -0.1) is 0 Å². The van der Waals surface area contributed by atoms with E-state index in [-0.39, 0.29) is 29.7 Å². The van der Waals surface area contributed by atoms with E-state index < -0.39 is 23.5 Å². The number of benzene rings is 7. The summed E-state index contributed by atoms with van der Waals surface area (Å²) < 4.78 is 70.0. The van der Waals surface area contributed by atoms with Crippen molar-refractivity contribution in [2.75, 3.05) is 99.6 Å². The van der Waals surface area contributed by atoms with Crippen molar-refractivity contribution in [3.8, 4) is 11.1 Å². The van der Waals surface area contributed by atoms with Crippen molar-refractivity contribution in [1.82, 2.24) is 29.1 Å². The number of nitro benzene ring substituents is 1. The Bertz CT molecular complexity index is 4750. The van der Waals surface area contributed by atoms with Crippen LogP contribution in [0.15, 0.2) is 167 Å². The fourth-order valence-electron chi connectivity index (χ4n) is 12.7. The molecule has 0 saturated carbocycles. The van der Waals surface area contributed by atoms with Crippen molar-refractivity contribution < 1.29 is 61.0 Å². The van der Waals surface area contributed by atoms with Gasteiger partial charge in [0.25, 0.3) is 18.5 Å². The van der Waals surface area contributed by atoms with Crippen molar-refractivity contribution in [1.29, 1.82) is 0 Å². The number of aromatic nitrogens is 6. The smallest absolute Gasteiger partial charge is 0.483 e. The Labute approximate surface area is 676 Å². The first-order chi connectivity index (χ1) is 53.3. The molecule has 0 unspecified atom stereocenters. The maximum Gasteiger partial charge on any atom is 0.494 e. The van der Waals surface area contributed by atoms with Gasteiger partial charge in [0.2, 0.25) is 5.82 Å². The highest BCUT2D eigenvalue weighted by Gasteiger charge is 2.52. The number of carbonyl (C=O) groups is 1. The van der Waals surface area contributed by atoms with Gasteiger partial charge >= 0.3 is 12.8 Å². The van der Waals surface area contributed by atoms with E-state index in [1.807, 2.05) is 119 Å². The minimum absolute atomic E-state index is 0.168. The SMILES string of the molecule is Brc1ccc2ncn(C3CCOCC3)c2c1.CC1(C)OB(c2ccc3oc(N)nc3c2)OC1(C)C.NC1CCOCC1.Nc1ccc(Br)cc1NC1CCOCC1.Nc1ccc(Br)cc1NC1CCOCC1.Nc1nc2cc(-c3ccc4ncn(C5CCOCC5)c4c3)ccc2o1.O=CO.O=[N+]([O-])c1ccc(Br)cc1F. The zero-order valence-electron chi connectivity index (χ0n) is 62.2. The number of ether oxygens (including phenoxy) is 5. The Morgan fingerprint density at radius 2 is 0.910 bits per heavy atom. The summed E-state index contributed by atoms with van der Waals surface area (Å²) in [5.41, 5.74) is 41.4. The maximum absolute atomic E-state index is 12.6. The molecule has 592 valence electrons. The van der Waals surface area contributed by atoms with E-state index in [4.69, 9.17) is 80.4 Å². The largest absolute Gasteiger partial charge is 0.494 e. The summed E-state index contributed by atoms with van der Waals surface area (Å²) in [5, 5.41) is 23.9. The minimum Gasteiger partial charge on any atom is -0.483 e. The highest BCUT2D eigenvalue weighted by molar-refractivity contribution is 9.11. The van der Waals surface area contributed by atoms with Gasteiger partial charge in [-0.2, -0.15) is 14.4 Å². The van der Waals surface area contributed by atoms with E-state index in [2.05, 4.69) is 134 Å². The second-order valence-corrected chi connectivity index (χ2v) is 31.5. The van der Waals surface area contributed by atoms with Gasteiger partial charge < -0.3 is 95.4 Å². The number of fused-ring (bicyclic) bond motifs is 4. The minimum atomic E-state index is -0.829. The zero-order chi connectivity index (χ0) is 79.2. The topological polar surface area (TPSA) is 387 Å². The van der Waals surface area contributed by atoms with Crippen LogP contribution in [-0.2, 0) is 37.8 Å². The normalized spacial score (nSPS) is 17.3. The number of halogens is 5. The van der Waals surface area contributed by atoms with Crippen LogP contribution in [0.3, 0.4) is 0 Å². The quantitative estimate of drug-likeness (QED) is 0.0219. The van der Waals surface area contributed by atoms with Gasteiger partial charge in [-0.05, 0) is 212 Å². The third-order valence-electron chi connectivity index (χ3n) is 19.5. The number of carboxylic acid groups (broad SMARTS) is 1. The first-order valence-corrected chi connectivity index (χ1v) is 39.7. The molecule has 6 aliphatic heterocycles. The van der Waals surface area contributed by atoms with Crippen molar-refractivity contribution in [2.45, 2.75) is 133 Å². The predicted octanol–water partition coefficient (Wildman–Crippen LogP) is 16.2. The molecule has 17 rings (SSSR count). The number of rotatable bonds is 9. The average molecular weight is 1790 g/mol. The Morgan fingerprint density at radius 3 is 1.37 bits per heavy atom. The van der Waals surface area contributed by atoms with Gasteiger partial charge in [0.1, 0.15) is 11.0 Å². The van der Waals surface area contributed by atoms with Crippen LogP contribution in [0.4, 0.5) is 44.9 Å². The van der Waals surface area contributed by atoms with Crippen molar-refractivity contribution >= 4 is 168 Å². The molecule has 0 bridgehead atoms. The number of nitrogens with zero attached hydrogens (tertiary/aromatic N) is 7. The maximum atomic E-state index is 12.6. The highest BCUT2D eigenvalue weighted by Crippen LogP contribution is 2.38. The molecule has 0 aliphatic carbocycles. The lowest BCUT2D eigenvalue weighted by Crippen LogP contribution is -2.41. The predicted molar refractivity (Wildman–Crippen MR) is 446 cm³/mol. The van der Waals surface area contributed by atoms with Gasteiger partial charge in [0.05, 0.1) is 73.6 Å². The second kappa shape index (κ2) is 40.9. The molecule has 6 saturated heterocycles. The van der Waals surface area contributed by atoms with Gasteiger partial charge in [0, 0.05) is 120 Å². The summed E-state index contributed by atoms with van der Waals surface area (Å²) in [6, 6.07) is 42.2. The number of nitrogen functional groups attached to an aromatic ring is 4. The summed E-state index contributed by atoms with van der Waals surface area (Å²) in [5.74, 6) is -0.829. The average Bonchev–Trinajstić information content (AvgIpc) is 1.62. The molecular formula is C78H94BBr4FN14O13. The number of anilines is 6. The lowest BCUT2D eigenvalue weighted by atomic mass is 9.79. The molecule has 0 atom stereocenters. The Morgan fingerprint density at radius 1 is 0.523 bits per heavy atom. The summed E-state index contributed by atoms with van der Waals surface area (Å²) >= 11 is 13.4. The van der Waals surface area contributed by atoms with E-state index >= 15 is 0 Å². The van der Waals surface area contributed by atoms with Crippen LogP contribution in [0.2, 0.25) is 0 Å². The molecule has 0 radical (unpaired) electrons. The van der Waals surface area contributed by atoms with Crippen LogP contribution in [0, 0.1) is 15.9 Å². The summed E-state index contributed by atoms with van der Waals surface area (Å²) in [7, 11) is -0.396. The lowest BCUT2D eigenvalue weighted by Gasteiger charge is -2.32. The summed E-state index contributed by atoms with van der Waals surface area (Å²) in [6.07, 6.45) is 14.4. The molecule has 4 aromatic heterocycles. The number of nitrogens with one attached hydrogen (secondary N) is 2. The molecule has 111 heavy (non-hydrogen) atoms. The van der Waals surface area contributed by atoms with E-state index in [1.165, 1.54) is 11.6 Å². The highest BCUT2D eigenvalue weighted by atomic mass is 79.9. The zero-order valence-corrected chi connectivity index (χ0v) is 68.6. The Balaban J connectivity index is 0.000000140. The lowest BCUT2D eigenvalue weighted by molar-refractivity contribution is -0.387. The van der Waals surface area contributed by atoms with Gasteiger partial charge in [0.15, 0.2) is 11.2 Å². The van der Waals surface area contributed by atoms with Gasteiger partial charge in [-0.25, -0.2) is 9.97 Å². The molecule has 10 heterocycles. The standard InChI is InChI=1S/C19H18N4O2.C13H17BN2O3.C12H13BrN2O.2C11H15BrN2O.C6H3BrFNO2.C5H11NO.CH2O2/c20-19-22-16-9-12(2-4-18(16)25-19)13-1-3-15-17(10-13)23(11-21-15)14-5-7-24-8-6-14;1-12(2)13(3,4)19-14(18-12)8-5-6-10-9(7-8)16-11(15)17-10;13-9-1-2-11-12(7-9)15(8-14-11)10-3-5-16-6-4-10;2*12-8-1-2-10(13)11(7-8)14-9-3-5-15-6-4-9;7-4-1-2-6(9(10)11)5(8)3-4;6-5-1-3-7-4-2-5;2-1-3/h1-4,9-11,14H,5-8H2,(H2,20,22);5-7H,1-4H3,(H2,15,16);1-2,7-8,10H,3-6H2;2*1-2,7,9,14H,3-6,13H2;1-3H;5H,1-4,6H2;1H,(H,2,3). The van der Waals surface area contributed by atoms with Crippen molar-refractivity contribution in [3.05, 3.63) is 174 Å². The molecule has 6 aliphatic rings. The van der Waals surface area contributed by atoms with Crippen LogP contribution < -0.4 is 44.8 Å². The van der Waals surface area contributed by atoms with Crippen LogP contribution in [-0.4, -0.2) is 148 Å². The van der Waals surface area contributed by atoms with E-state index in [0.717, 1.165) is 217 Å². The van der Waals surface area contributed by atoms with Crippen LogP contribution in [0.25, 0.3) is 55.4 Å². The molecular weight excluding hydrogens is 1690 g/mol. The molecule has 27 nitrogen and oxygen atoms in total. The fourth-order valence-corrected chi connectivity index (χ4v) is 14.1. The first kappa shape index (κ1) is 85.1. The molecule has 6 fully saturated rings.